The SMILES string of the molecule is OCCNc1nccc2[nH]c(-c3ccc4c(c3)OCCO4)nc12. The average Bonchev–Trinajstić information content (AvgIpc) is 3.04. The van der Waals surface area contributed by atoms with E-state index in [0.717, 1.165) is 33.9 Å². The first-order valence-corrected chi connectivity index (χ1v) is 7.44. The standard InChI is InChI=1S/C16H16N4O3/c21-6-5-18-16-14-11(3-4-17-16)19-15(20-14)10-1-2-12-13(9-10)23-8-7-22-12/h1-4,9,21H,5-8H2,(H,17,18)(H,19,20). The minimum Gasteiger partial charge on any atom is -0.486 e. The van der Waals surface area contributed by atoms with Gasteiger partial charge in [0, 0.05) is 18.3 Å². The summed E-state index contributed by atoms with van der Waals surface area (Å²) in [6.07, 6.45) is 1.70. The number of ether oxygens (including phenoxy) is 2. The lowest BCUT2D eigenvalue weighted by Gasteiger charge is -2.18. The first kappa shape index (κ1) is 13.8. The predicted molar refractivity (Wildman–Crippen MR) is 85.9 cm³/mol. The minimum atomic E-state index is 0.0392. The maximum atomic E-state index is 8.95. The largest absolute Gasteiger partial charge is 0.486 e. The van der Waals surface area contributed by atoms with Crippen LogP contribution in [0.25, 0.3) is 22.4 Å². The number of pyridine rings is 1. The topological polar surface area (TPSA) is 92.3 Å². The minimum absolute atomic E-state index is 0.0392. The number of benzene rings is 1. The predicted octanol–water partition coefficient (Wildman–Crippen LogP) is 1.80. The van der Waals surface area contributed by atoms with Gasteiger partial charge in [-0.2, -0.15) is 0 Å². The van der Waals surface area contributed by atoms with Gasteiger partial charge in [0.1, 0.15) is 24.6 Å². The Bertz CT molecular complexity index is 846. The van der Waals surface area contributed by atoms with E-state index in [1.807, 2.05) is 24.3 Å². The lowest BCUT2D eigenvalue weighted by molar-refractivity contribution is 0.171. The van der Waals surface area contributed by atoms with Crippen LogP contribution in [0, 0.1) is 0 Å². The van der Waals surface area contributed by atoms with Gasteiger partial charge >= 0.3 is 0 Å². The first-order valence-electron chi connectivity index (χ1n) is 7.44. The Balaban J connectivity index is 1.74. The molecule has 0 spiro atoms. The maximum Gasteiger partial charge on any atom is 0.162 e. The molecule has 23 heavy (non-hydrogen) atoms. The van der Waals surface area contributed by atoms with Crippen LogP contribution < -0.4 is 14.8 Å². The molecule has 7 nitrogen and oxygen atoms in total. The smallest absolute Gasteiger partial charge is 0.162 e. The van der Waals surface area contributed by atoms with Crippen molar-refractivity contribution in [3.05, 3.63) is 30.5 Å². The van der Waals surface area contributed by atoms with Crippen molar-refractivity contribution in [1.82, 2.24) is 15.0 Å². The van der Waals surface area contributed by atoms with Crippen molar-refractivity contribution in [3.63, 3.8) is 0 Å². The molecule has 0 saturated heterocycles. The highest BCUT2D eigenvalue weighted by Crippen LogP contribution is 2.34. The van der Waals surface area contributed by atoms with E-state index < -0.39 is 0 Å². The van der Waals surface area contributed by atoms with E-state index in [9.17, 15) is 0 Å². The van der Waals surface area contributed by atoms with Crippen LogP contribution in [0.4, 0.5) is 5.82 Å². The summed E-state index contributed by atoms with van der Waals surface area (Å²) in [5.74, 6) is 2.86. The lowest BCUT2D eigenvalue weighted by Crippen LogP contribution is -2.15. The molecule has 0 fully saturated rings. The summed E-state index contributed by atoms with van der Waals surface area (Å²) in [6.45, 7) is 1.59. The molecule has 0 amide bonds. The van der Waals surface area contributed by atoms with E-state index in [1.165, 1.54) is 0 Å². The van der Waals surface area contributed by atoms with Crippen LogP contribution in [-0.4, -0.2) is 46.4 Å². The van der Waals surface area contributed by atoms with Crippen molar-refractivity contribution in [2.75, 3.05) is 31.7 Å². The molecular formula is C16H16N4O3. The Hall–Kier alpha value is -2.80. The number of hydrogen-bond donors (Lipinski definition) is 3. The number of aromatic amines is 1. The third-order valence-corrected chi connectivity index (χ3v) is 3.62. The number of aromatic nitrogens is 3. The molecule has 1 aliphatic rings. The molecular weight excluding hydrogens is 296 g/mol. The van der Waals surface area contributed by atoms with Crippen molar-refractivity contribution >= 4 is 16.9 Å². The molecule has 4 rings (SSSR count). The fraction of sp³-hybridized carbons (Fsp3) is 0.250. The van der Waals surface area contributed by atoms with Crippen molar-refractivity contribution in [1.29, 1.82) is 0 Å². The molecule has 1 aromatic carbocycles. The van der Waals surface area contributed by atoms with Gasteiger partial charge < -0.3 is 24.9 Å². The monoisotopic (exact) mass is 312 g/mol. The molecule has 0 unspecified atom stereocenters. The van der Waals surface area contributed by atoms with Crippen LogP contribution >= 0.6 is 0 Å². The van der Waals surface area contributed by atoms with E-state index in [0.29, 0.717) is 25.6 Å². The summed E-state index contributed by atoms with van der Waals surface area (Å²) >= 11 is 0. The molecule has 1 aliphatic heterocycles. The van der Waals surface area contributed by atoms with Gasteiger partial charge in [-0.15, -0.1) is 0 Å². The Morgan fingerprint density at radius 3 is 2.91 bits per heavy atom. The molecule has 0 aliphatic carbocycles. The second-order valence-corrected chi connectivity index (χ2v) is 5.15. The highest BCUT2D eigenvalue weighted by atomic mass is 16.6. The molecule has 2 aromatic heterocycles. The number of aliphatic hydroxyl groups is 1. The molecule has 3 heterocycles. The molecule has 118 valence electrons. The molecule has 3 N–H and O–H groups in total. The van der Waals surface area contributed by atoms with Crippen molar-refractivity contribution in [2.24, 2.45) is 0 Å². The highest BCUT2D eigenvalue weighted by Gasteiger charge is 2.15. The van der Waals surface area contributed by atoms with Crippen LogP contribution in [0.5, 0.6) is 11.5 Å². The molecule has 7 heteroatoms. The van der Waals surface area contributed by atoms with Gasteiger partial charge in [-0.1, -0.05) is 0 Å². The van der Waals surface area contributed by atoms with Crippen LogP contribution in [-0.2, 0) is 0 Å². The summed E-state index contributed by atoms with van der Waals surface area (Å²) in [5.41, 5.74) is 2.54. The summed E-state index contributed by atoms with van der Waals surface area (Å²) in [4.78, 5) is 12.2. The number of nitrogens with one attached hydrogen (secondary N) is 2. The van der Waals surface area contributed by atoms with Crippen molar-refractivity contribution in [2.45, 2.75) is 0 Å². The Labute approximate surface area is 132 Å². The molecule has 0 bridgehead atoms. The molecule has 0 radical (unpaired) electrons. The third-order valence-electron chi connectivity index (χ3n) is 3.62. The van der Waals surface area contributed by atoms with E-state index in [2.05, 4.69) is 20.3 Å². The number of rotatable bonds is 4. The van der Waals surface area contributed by atoms with E-state index in [-0.39, 0.29) is 6.61 Å². The second-order valence-electron chi connectivity index (χ2n) is 5.15. The second kappa shape index (κ2) is 5.77. The maximum absolute atomic E-state index is 8.95. The van der Waals surface area contributed by atoms with Crippen molar-refractivity contribution in [3.8, 4) is 22.9 Å². The molecule has 0 atom stereocenters. The number of fused-ring (bicyclic) bond motifs is 2. The fourth-order valence-electron chi connectivity index (χ4n) is 2.57. The average molecular weight is 312 g/mol. The zero-order chi connectivity index (χ0) is 15.6. The summed E-state index contributed by atoms with van der Waals surface area (Å²) in [7, 11) is 0. The van der Waals surface area contributed by atoms with Gasteiger partial charge in [0.15, 0.2) is 17.3 Å². The van der Waals surface area contributed by atoms with Crippen LogP contribution in [0.3, 0.4) is 0 Å². The highest BCUT2D eigenvalue weighted by molar-refractivity contribution is 5.88. The van der Waals surface area contributed by atoms with Gasteiger partial charge in [0.25, 0.3) is 0 Å². The van der Waals surface area contributed by atoms with E-state index >= 15 is 0 Å². The van der Waals surface area contributed by atoms with Gasteiger partial charge in [-0.25, -0.2) is 9.97 Å². The van der Waals surface area contributed by atoms with Gasteiger partial charge in [0.2, 0.25) is 0 Å². The first-order chi connectivity index (χ1) is 11.3. The Kier molecular flexibility index (Phi) is 3.47. The van der Waals surface area contributed by atoms with Crippen LogP contribution in [0.15, 0.2) is 30.5 Å². The Morgan fingerprint density at radius 2 is 2.04 bits per heavy atom. The zero-order valence-corrected chi connectivity index (χ0v) is 12.4. The normalized spacial score (nSPS) is 13.3. The number of imidazole rings is 1. The van der Waals surface area contributed by atoms with Crippen LogP contribution in [0.2, 0.25) is 0 Å². The summed E-state index contributed by atoms with van der Waals surface area (Å²) in [5, 5.41) is 12.0. The van der Waals surface area contributed by atoms with Gasteiger partial charge in [-0.3, -0.25) is 0 Å². The summed E-state index contributed by atoms with van der Waals surface area (Å²) < 4.78 is 11.2. The zero-order valence-electron chi connectivity index (χ0n) is 12.4. The van der Waals surface area contributed by atoms with E-state index in [4.69, 9.17) is 14.6 Å². The number of anilines is 1. The molecule has 0 saturated carbocycles. The number of aliphatic hydroxyl groups excluding tert-OH is 1. The lowest BCUT2D eigenvalue weighted by atomic mass is 10.2. The van der Waals surface area contributed by atoms with Gasteiger partial charge in [0.05, 0.1) is 12.1 Å². The van der Waals surface area contributed by atoms with E-state index in [1.54, 1.807) is 6.20 Å². The van der Waals surface area contributed by atoms with Gasteiger partial charge in [-0.05, 0) is 24.3 Å². The third kappa shape index (κ3) is 2.55. The molecule has 3 aromatic rings. The van der Waals surface area contributed by atoms with Crippen LogP contribution in [0.1, 0.15) is 0 Å². The number of hydrogen-bond acceptors (Lipinski definition) is 6. The summed E-state index contributed by atoms with van der Waals surface area (Å²) in [6, 6.07) is 7.62. The number of nitrogens with zero attached hydrogens (tertiary/aromatic N) is 2. The van der Waals surface area contributed by atoms with Crippen molar-refractivity contribution < 1.29 is 14.6 Å². The quantitative estimate of drug-likeness (QED) is 0.680. The fourth-order valence-corrected chi connectivity index (χ4v) is 2.57. The Morgan fingerprint density at radius 1 is 1.17 bits per heavy atom. The number of H-pyrrole nitrogens is 1.